The summed E-state index contributed by atoms with van der Waals surface area (Å²) < 4.78 is 45.8. The lowest BCUT2D eigenvalue weighted by Crippen LogP contribution is -2.48. The molecule has 0 spiro atoms. The second-order valence-electron chi connectivity index (χ2n) is 6.70. The smallest absolute Gasteiger partial charge is 0.393 e. The zero-order chi connectivity index (χ0) is 19.6. The lowest BCUT2D eigenvalue weighted by Gasteiger charge is -2.33. The van der Waals surface area contributed by atoms with Gasteiger partial charge in [-0.25, -0.2) is 9.78 Å². The first-order valence-electron chi connectivity index (χ1n) is 8.73. The highest BCUT2D eigenvalue weighted by Crippen LogP contribution is 2.37. The predicted molar refractivity (Wildman–Crippen MR) is 90.2 cm³/mol. The number of carbonyl (C=O) groups is 2. The van der Waals surface area contributed by atoms with Crippen molar-refractivity contribution in [2.45, 2.75) is 44.8 Å². The standard InChI is InChI=1S/C18H20F3N3O3/c1-11-5-4-8-15-22-14(9-24(11)15)17(26)27-10-16(25)23-13-7-3-2-6-12(13)18(19,20)21/h4-5,8-9,12-13H,2-3,6-7,10H2,1H3,(H,23,25)/t12-,13-/m0/s1. The quantitative estimate of drug-likeness (QED) is 0.824. The summed E-state index contributed by atoms with van der Waals surface area (Å²) in [6.07, 6.45) is -1.50. The molecule has 0 saturated heterocycles. The first kappa shape index (κ1) is 19.2. The van der Waals surface area contributed by atoms with Crippen LogP contribution in [0.25, 0.3) is 5.65 Å². The van der Waals surface area contributed by atoms with Crippen LogP contribution in [0.2, 0.25) is 0 Å². The molecule has 1 amide bonds. The molecule has 0 unspecified atom stereocenters. The van der Waals surface area contributed by atoms with E-state index in [9.17, 15) is 22.8 Å². The Morgan fingerprint density at radius 1 is 1.30 bits per heavy atom. The lowest BCUT2D eigenvalue weighted by atomic mass is 9.84. The van der Waals surface area contributed by atoms with Crippen LogP contribution in [0.5, 0.6) is 0 Å². The number of halogens is 3. The van der Waals surface area contributed by atoms with Crippen LogP contribution in [0.15, 0.2) is 24.4 Å². The zero-order valence-corrected chi connectivity index (χ0v) is 14.8. The third-order valence-corrected chi connectivity index (χ3v) is 4.77. The lowest BCUT2D eigenvalue weighted by molar-refractivity contribution is -0.189. The van der Waals surface area contributed by atoms with Gasteiger partial charge in [-0.15, -0.1) is 0 Å². The molecular formula is C18H20F3N3O3. The average molecular weight is 383 g/mol. The van der Waals surface area contributed by atoms with Crippen molar-refractivity contribution >= 4 is 17.5 Å². The summed E-state index contributed by atoms with van der Waals surface area (Å²) in [4.78, 5) is 28.2. The van der Waals surface area contributed by atoms with Gasteiger partial charge >= 0.3 is 12.1 Å². The molecule has 1 aliphatic rings. The summed E-state index contributed by atoms with van der Waals surface area (Å²) in [5.74, 6) is -3.11. The van der Waals surface area contributed by atoms with Gasteiger partial charge in [-0.2, -0.15) is 13.2 Å². The summed E-state index contributed by atoms with van der Waals surface area (Å²) in [5, 5.41) is 2.36. The Bertz CT molecular complexity index is 847. The SMILES string of the molecule is Cc1cccc2nc(C(=O)OCC(=O)N[C@H]3CCCC[C@@H]3C(F)(F)F)cn12. The minimum absolute atomic E-state index is 0.00513. The van der Waals surface area contributed by atoms with Crippen molar-refractivity contribution in [3.63, 3.8) is 0 Å². The second kappa shape index (κ2) is 7.58. The minimum Gasteiger partial charge on any atom is -0.451 e. The molecule has 146 valence electrons. The third-order valence-electron chi connectivity index (χ3n) is 4.77. The van der Waals surface area contributed by atoms with E-state index in [4.69, 9.17) is 4.74 Å². The first-order chi connectivity index (χ1) is 12.8. The van der Waals surface area contributed by atoms with Gasteiger partial charge in [-0.3, -0.25) is 4.79 Å². The van der Waals surface area contributed by atoms with Gasteiger partial charge in [0.2, 0.25) is 0 Å². The maximum absolute atomic E-state index is 13.1. The van der Waals surface area contributed by atoms with Crippen molar-refractivity contribution in [1.82, 2.24) is 14.7 Å². The number of hydrogen-bond donors (Lipinski definition) is 1. The number of alkyl halides is 3. The van der Waals surface area contributed by atoms with Crippen LogP contribution in [0, 0.1) is 12.8 Å². The number of fused-ring (bicyclic) bond motifs is 1. The molecule has 6 nitrogen and oxygen atoms in total. The number of ether oxygens (including phenoxy) is 1. The topological polar surface area (TPSA) is 72.7 Å². The van der Waals surface area contributed by atoms with E-state index < -0.39 is 36.6 Å². The van der Waals surface area contributed by atoms with Crippen molar-refractivity contribution in [3.8, 4) is 0 Å². The minimum atomic E-state index is -4.36. The highest BCUT2D eigenvalue weighted by Gasteiger charge is 2.45. The van der Waals surface area contributed by atoms with Crippen LogP contribution >= 0.6 is 0 Å². The molecule has 27 heavy (non-hydrogen) atoms. The maximum atomic E-state index is 13.1. The number of pyridine rings is 1. The third kappa shape index (κ3) is 4.40. The van der Waals surface area contributed by atoms with Gasteiger partial charge in [0.15, 0.2) is 12.3 Å². The molecule has 2 aromatic heterocycles. The predicted octanol–water partition coefficient (Wildman–Crippen LogP) is 3.04. The maximum Gasteiger partial charge on any atom is 0.393 e. The highest BCUT2D eigenvalue weighted by atomic mass is 19.4. The van der Waals surface area contributed by atoms with Crippen LogP contribution in [-0.2, 0) is 9.53 Å². The molecule has 0 bridgehead atoms. The van der Waals surface area contributed by atoms with Crippen LogP contribution in [0.1, 0.15) is 41.9 Å². The molecule has 1 fully saturated rings. The fourth-order valence-corrected chi connectivity index (χ4v) is 3.40. The first-order valence-corrected chi connectivity index (χ1v) is 8.73. The van der Waals surface area contributed by atoms with Gasteiger partial charge in [-0.1, -0.05) is 18.9 Å². The highest BCUT2D eigenvalue weighted by molar-refractivity contribution is 5.90. The van der Waals surface area contributed by atoms with E-state index in [1.165, 1.54) is 6.20 Å². The molecule has 2 aromatic rings. The van der Waals surface area contributed by atoms with Gasteiger partial charge in [0.1, 0.15) is 5.65 Å². The fraction of sp³-hybridized carbons (Fsp3) is 0.500. The number of imidazole rings is 1. The summed E-state index contributed by atoms with van der Waals surface area (Å²) in [5.41, 5.74) is 1.46. The molecule has 1 aliphatic carbocycles. The van der Waals surface area contributed by atoms with E-state index in [1.807, 2.05) is 13.0 Å². The number of aromatic nitrogens is 2. The Morgan fingerprint density at radius 3 is 2.74 bits per heavy atom. The summed E-state index contributed by atoms with van der Waals surface area (Å²) >= 11 is 0. The van der Waals surface area contributed by atoms with Crippen LogP contribution in [0.4, 0.5) is 13.2 Å². The molecule has 1 N–H and O–H groups in total. The number of carbonyl (C=O) groups excluding carboxylic acids is 2. The van der Waals surface area contributed by atoms with E-state index in [1.54, 1.807) is 16.5 Å². The van der Waals surface area contributed by atoms with E-state index in [0.29, 0.717) is 18.5 Å². The molecule has 2 atom stereocenters. The van der Waals surface area contributed by atoms with Gasteiger partial charge < -0.3 is 14.5 Å². The zero-order valence-electron chi connectivity index (χ0n) is 14.8. The van der Waals surface area contributed by atoms with Gasteiger partial charge in [0.25, 0.3) is 5.91 Å². The van der Waals surface area contributed by atoms with E-state index in [2.05, 4.69) is 10.3 Å². The Hall–Kier alpha value is -2.58. The normalized spacial score (nSPS) is 20.4. The molecule has 0 aromatic carbocycles. The van der Waals surface area contributed by atoms with Crippen molar-refractivity contribution in [1.29, 1.82) is 0 Å². The van der Waals surface area contributed by atoms with Crippen molar-refractivity contribution in [2.24, 2.45) is 5.92 Å². The Morgan fingerprint density at radius 2 is 2.04 bits per heavy atom. The van der Waals surface area contributed by atoms with Crippen LogP contribution in [-0.4, -0.2) is 40.1 Å². The second-order valence-corrected chi connectivity index (χ2v) is 6.70. The number of amides is 1. The average Bonchev–Trinajstić information content (AvgIpc) is 3.05. The largest absolute Gasteiger partial charge is 0.451 e. The van der Waals surface area contributed by atoms with Crippen molar-refractivity contribution < 1.29 is 27.5 Å². The van der Waals surface area contributed by atoms with Gasteiger partial charge in [0.05, 0.1) is 5.92 Å². The molecular weight excluding hydrogens is 363 g/mol. The summed E-state index contributed by atoms with van der Waals surface area (Å²) in [7, 11) is 0. The monoisotopic (exact) mass is 383 g/mol. The fourth-order valence-electron chi connectivity index (χ4n) is 3.40. The molecule has 2 heterocycles. The molecule has 0 aliphatic heterocycles. The molecule has 1 saturated carbocycles. The van der Waals surface area contributed by atoms with Crippen molar-refractivity contribution in [3.05, 3.63) is 35.8 Å². The Balaban J connectivity index is 1.58. The van der Waals surface area contributed by atoms with E-state index in [-0.39, 0.29) is 18.5 Å². The Labute approximate surface area is 153 Å². The summed E-state index contributed by atoms with van der Waals surface area (Å²) in [6.45, 7) is 1.20. The Kier molecular flexibility index (Phi) is 5.38. The van der Waals surface area contributed by atoms with Crippen molar-refractivity contribution in [2.75, 3.05) is 6.61 Å². The summed E-state index contributed by atoms with van der Waals surface area (Å²) in [6, 6.07) is 4.37. The van der Waals surface area contributed by atoms with E-state index >= 15 is 0 Å². The number of aryl methyl sites for hydroxylation is 1. The van der Waals surface area contributed by atoms with Gasteiger partial charge in [-0.05, 0) is 31.9 Å². The molecule has 3 rings (SSSR count). The molecule has 0 radical (unpaired) electrons. The number of hydrogen-bond acceptors (Lipinski definition) is 4. The van der Waals surface area contributed by atoms with Crippen LogP contribution < -0.4 is 5.32 Å². The molecule has 9 heteroatoms. The number of esters is 1. The van der Waals surface area contributed by atoms with E-state index in [0.717, 1.165) is 5.69 Å². The number of rotatable bonds is 4. The van der Waals surface area contributed by atoms with Crippen LogP contribution in [0.3, 0.4) is 0 Å². The van der Waals surface area contributed by atoms with Gasteiger partial charge in [0, 0.05) is 17.9 Å². The number of nitrogens with one attached hydrogen (secondary N) is 1. The number of nitrogens with zero attached hydrogens (tertiary/aromatic N) is 2.